The van der Waals surface area contributed by atoms with Crippen molar-refractivity contribution in [2.75, 3.05) is 13.1 Å². The van der Waals surface area contributed by atoms with Crippen molar-refractivity contribution >= 4 is 34.7 Å². The highest BCUT2D eigenvalue weighted by molar-refractivity contribution is 6.02. The van der Waals surface area contributed by atoms with Crippen LogP contribution in [0, 0.1) is 5.92 Å². The lowest BCUT2D eigenvalue weighted by molar-refractivity contribution is -0.138. The molecule has 192 valence electrons. The van der Waals surface area contributed by atoms with Crippen LogP contribution in [0.4, 0.5) is 4.79 Å². The predicted molar refractivity (Wildman–Crippen MR) is 133 cm³/mol. The Hall–Kier alpha value is -4.21. The second-order valence-corrected chi connectivity index (χ2v) is 9.77. The number of nitrogens with zero attached hydrogens (tertiary/aromatic N) is 3. The molecule has 0 bridgehead atoms. The molecule has 2 aliphatic rings. The minimum absolute atomic E-state index is 0.0188. The van der Waals surface area contributed by atoms with E-state index in [1.54, 1.807) is 30.3 Å². The molecule has 3 atom stereocenters. The molecular formula is C27H28N4O6. The first-order chi connectivity index (χ1) is 17.8. The minimum atomic E-state index is -0.899. The van der Waals surface area contributed by atoms with Gasteiger partial charge >= 0.3 is 6.09 Å². The Morgan fingerprint density at radius 3 is 2.65 bits per heavy atom. The molecule has 10 heteroatoms. The van der Waals surface area contributed by atoms with Gasteiger partial charge in [-0.05, 0) is 37.0 Å². The van der Waals surface area contributed by atoms with E-state index in [1.165, 1.54) is 16.0 Å². The van der Waals surface area contributed by atoms with Crippen LogP contribution in [0.15, 0.2) is 59.1 Å². The van der Waals surface area contributed by atoms with Crippen LogP contribution in [0.3, 0.4) is 0 Å². The molecule has 2 fully saturated rings. The zero-order valence-electron chi connectivity index (χ0n) is 20.6. The van der Waals surface area contributed by atoms with Gasteiger partial charge < -0.3 is 24.3 Å². The van der Waals surface area contributed by atoms with Gasteiger partial charge in [0.15, 0.2) is 5.78 Å². The SMILES string of the molecule is CC(C)CC(NC(=O)Oc1cc2ccccc2o1)C(=O)N1CCC2C1C(=O)CN2C(=O)c1ccccn1. The van der Waals surface area contributed by atoms with Gasteiger partial charge in [0.05, 0.1) is 12.6 Å². The Morgan fingerprint density at radius 1 is 1.14 bits per heavy atom. The van der Waals surface area contributed by atoms with Crippen molar-refractivity contribution in [3.8, 4) is 5.95 Å². The third-order valence-electron chi connectivity index (χ3n) is 6.74. The van der Waals surface area contributed by atoms with Crippen LogP contribution >= 0.6 is 0 Å². The molecule has 1 aromatic carbocycles. The van der Waals surface area contributed by atoms with Crippen molar-refractivity contribution in [2.45, 2.75) is 44.8 Å². The zero-order chi connectivity index (χ0) is 26.1. The molecule has 2 aromatic heterocycles. The third-order valence-corrected chi connectivity index (χ3v) is 6.74. The van der Waals surface area contributed by atoms with Gasteiger partial charge in [-0.1, -0.05) is 38.1 Å². The lowest BCUT2D eigenvalue weighted by Crippen LogP contribution is -2.53. The lowest BCUT2D eigenvalue weighted by atomic mass is 10.0. The Labute approximate surface area is 213 Å². The van der Waals surface area contributed by atoms with Crippen LogP contribution in [0.2, 0.25) is 0 Å². The number of Topliss-reactive ketones (excluding diaryl/α,β-unsaturated/α-hetero) is 1. The molecule has 0 spiro atoms. The maximum atomic E-state index is 13.6. The number of carbonyl (C=O) groups excluding carboxylic acids is 4. The molecule has 10 nitrogen and oxygen atoms in total. The summed E-state index contributed by atoms with van der Waals surface area (Å²) < 4.78 is 10.9. The fraction of sp³-hybridized carbons (Fsp3) is 0.370. The van der Waals surface area contributed by atoms with E-state index < -0.39 is 24.2 Å². The Morgan fingerprint density at radius 2 is 1.92 bits per heavy atom. The number of pyridine rings is 1. The minimum Gasteiger partial charge on any atom is -0.425 e. The summed E-state index contributed by atoms with van der Waals surface area (Å²) >= 11 is 0. The Kier molecular flexibility index (Phi) is 6.64. The summed E-state index contributed by atoms with van der Waals surface area (Å²) in [7, 11) is 0. The zero-order valence-corrected chi connectivity index (χ0v) is 20.6. The highest BCUT2D eigenvalue weighted by Crippen LogP contribution is 2.32. The molecule has 0 radical (unpaired) electrons. The highest BCUT2D eigenvalue weighted by Gasteiger charge is 2.52. The Bertz CT molecular complexity index is 1300. The standard InChI is InChI=1S/C27H28N4O6/c1-16(2)13-19(29-27(35)37-23-14-17-7-3-4-9-22(17)36-23)26(34)30-12-10-20-24(30)21(32)15-31(20)25(33)18-8-5-6-11-28-18/h3-9,11,14,16,19-20,24H,10,12-13,15H2,1-2H3,(H,29,35). The maximum absolute atomic E-state index is 13.6. The summed E-state index contributed by atoms with van der Waals surface area (Å²) in [5.41, 5.74) is 0.834. The number of rotatable bonds is 6. The summed E-state index contributed by atoms with van der Waals surface area (Å²) in [6.07, 6.45) is 1.53. The summed E-state index contributed by atoms with van der Waals surface area (Å²) in [4.78, 5) is 59.4. The predicted octanol–water partition coefficient (Wildman–Crippen LogP) is 3.03. The number of nitrogens with one attached hydrogen (secondary N) is 1. The molecule has 37 heavy (non-hydrogen) atoms. The van der Waals surface area contributed by atoms with Crippen molar-refractivity contribution < 1.29 is 28.3 Å². The van der Waals surface area contributed by atoms with Crippen molar-refractivity contribution in [3.63, 3.8) is 0 Å². The first-order valence-corrected chi connectivity index (χ1v) is 12.3. The van der Waals surface area contributed by atoms with E-state index >= 15 is 0 Å². The number of fused-ring (bicyclic) bond motifs is 2. The second kappa shape index (κ2) is 10.0. The summed E-state index contributed by atoms with van der Waals surface area (Å²) in [5, 5.41) is 3.44. The third kappa shape index (κ3) is 4.91. The summed E-state index contributed by atoms with van der Waals surface area (Å²) in [6, 6.07) is 11.8. The topological polar surface area (TPSA) is 122 Å². The second-order valence-electron chi connectivity index (χ2n) is 9.77. The van der Waals surface area contributed by atoms with Crippen LogP contribution in [0.1, 0.15) is 37.2 Å². The van der Waals surface area contributed by atoms with Crippen LogP contribution in [-0.4, -0.2) is 69.7 Å². The molecule has 0 saturated carbocycles. The molecular weight excluding hydrogens is 476 g/mol. The number of ketones is 1. The molecule has 0 aliphatic carbocycles. The fourth-order valence-electron chi connectivity index (χ4n) is 5.14. The van der Waals surface area contributed by atoms with Gasteiger partial charge in [-0.15, -0.1) is 0 Å². The van der Waals surface area contributed by atoms with Crippen molar-refractivity contribution in [1.82, 2.24) is 20.1 Å². The maximum Gasteiger partial charge on any atom is 0.415 e. The van der Waals surface area contributed by atoms with Gasteiger partial charge in [-0.2, -0.15) is 0 Å². The number of amides is 3. The van der Waals surface area contributed by atoms with E-state index in [4.69, 9.17) is 9.15 Å². The highest BCUT2D eigenvalue weighted by atomic mass is 16.6. The van der Waals surface area contributed by atoms with Gasteiger partial charge in [-0.3, -0.25) is 19.4 Å². The van der Waals surface area contributed by atoms with Crippen LogP contribution < -0.4 is 10.1 Å². The molecule has 2 aliphatic heterocycles. The number of para-hydroxylation sites is 1. The number of carbonyl (C=O) groups is 4. The Balaban J connectivity index is 1.29. The average molecular weight is 505 g/mol. The first-order valence-electron chi connectivity index (χ1n) is 12.3. The van der Waals surface area contributed by atoms with Crippen molar-refractivity contribution in [2.24, 2.45) is 5.92 Å². The van der Waals surface area contributed by atoms with Crippen molar-refractivity contribution in [3.05, 3.63) is 60.4 Å². The van der Waals surface area contributed by atoms with Crippen LogP contribution in [0.5, 0.6) is 5.95 Å². The number of ether oxygens (including phenoxy) is 1. The smallest absolute Gasteiger partial charge is 0.415 e. The number of hydrogen-bond acceptors (Lipinski definition) is 7. The van der Waals surface area contributed by atoms with Gasteiger partial charge in [0, 0.05) is 24.2 Å². The van der Waals surface area contributed by atoms with Gasteiger partial charge in [0.2, 0.25) is 5.91 Å². The molecule has 4 heterocycles. The van der Waals surface area contributed by atoms with E-state index in [2.05, 4.69) is 10.3 Å². The van der Waals surface area contributed by atoms with Crippen LogP contribution in [-0.2, 0) is 9.59 Å². The molecule has 2 saturated heterocycles. The average Bonchev–Trinajstić information content (AvgIpc) is 3.57. The molecule has 3 unspecified atom stereocenters. The number of furan rings is 1. The molecule has 1 N–H and O–H groups in total. The normalized spacial score (nSPS) is 19.8. The largest absolute Gasteiger partial charge is 0.425 e. The molecule has 3 aromatic rings. The van der Waals surface area contributed by atoms with E-state index in [0.717, 1.165) is 5.39 Å². The van der Waals surface area contributed by atoms with Gasteiger partial charge in [0.1, 0.15) is 23.4 Å². The van der Waals surface area contributed by atoms with E-state index in [0.29, 0.717) is 25.0 Å². The monoisotopic (exact) mass is 504 g/mol. The first kappa shape index (κ1) is 24.5. The number of likely N-dealkylation sites (tertiary alicyclic amines) is 2. The summed E-state index contributed by atoms with van der Waals surface area (Å²) in [5.74, 6) is -0.802. The fourth-order valence-corrected chi connectivity index (χ4v) is 5.14. The van der Waals surface area contributed by atoms with Gasteiger partial charge in [-0.25, -0.2) is 4.79 Å². The lowest BCUT2D eigenvalue weighted by Gasteiger charge is -2.28. The van der Waals surface area contributed by atoms with Crippen LogP contribution in [0.25, 0.3) is 11.0 Å². The summed E-state index contributed by atoms with van der Waals surface area (Å²) in [6.45, 7) is 4.10. The molecule has 5 rings (SSSR count). The number of hydrogen-bond donors (Lipinski definition) is 1. The van der Waals surface area contributed by atoms with E-state index in [1.807, 2.05) is 32.0 Å². The van der Waals surface area contributed by atoms with E-state index in [9.17, 15) is 19.2 Å². The quantitative estimate of drug-likeness (QED) is 0.548. The molecule has 3 amide bonds. The number of benzene rings is 1. The number of aromatic nitrogens is 1. The van der Waals surface area contributed by atoms with E-state index in [-0.39, 0.29) is 41.7 Å². The van der Waals surface area contributed by atoms with Gasteiger partial charge in [0.25, 0.3) is 11.9 Å². The van der Waals surface area contributed by atoms with Crippen molar-refractivity contribution in [1.29, 1.82) is 0 Å².